The summed E-state index contributed by atoms with van der Waals surface area (Å²) in [6.07, 6.45) is 0.849. The number of nitrogens with zero attached hydrogens (tertiary/aromatic N) is 1. The van der Waals surface area contributed by atoms with Gasteiger partial charge in [-0.05, 0) is 13.3 Å². The maximum atomic E-state index is 11.7. The predicted octanol–water partition coefficient (Wildman–Crippen LogP) is 0.542. The number of amides is 2. The van der Waals surface area contributed by atoms with E-state index >= 15 is 0 Å². The smallest absolute Gasteiger partial charge is 0.233 e. The molecular formula is C10H17NO3. The van der Waals surface area contributed by atoms with E-state index in [2.05, 4.69) is 0 Å². The lowest BCUT2D eigenvalue weighted by molar-refractivity contribution is -0.148. The van der Waals surface area contributed by atoms with Gasteiger partial charge in [-0.15, -0.1) is 0 Å². The SMILES string of the molecule is CCC(C)(CO)N1C(=O)CC(C)C1=O. The third-order valence-electron chi connectivity index (χ3n) is 3.01. The molecule has 0 aliphatic carbocycles. The summed E-state index contributed by atoms with van der Waals surface area (Å²) in [6, 6.07) is 0. The monoisotopic (exact) mass is 199 g/mol. The van der Waals surface area contributed by atoms with Gasteiger partial charge in [0, 0.05) is 12.3 Å². The van der Waals surface area contributed by atoms with Gasteiger partial charge in [-0.25, -0.2) is 0 Å². The van der Waals surface area contributed by atoms with Crippen molar-refractivity contribution < 1.29 is 14.7 Å². The van der Waals surface area contributed by atoms with Crippen molar-refractivity contribution in [3.05, 3.63) is 0 Å². The van der Waals surface area contributed by atoms with E-state index < -0.39 is 5.54 Å². The topological polar surface area (TPSA) is 57.6 Å². The van der Waals surface area contributed by atoms with Crippen molar-refractivity contribution in [3.63, 3.8) is 0 Å². The minimum absolute atomic E-state index is 0.159. The second-order valence-corrected chi connectivity index (χ2v) is 4.18. The largest absolute Gasteiger partial charge is 0.394 e. The molecule has 4 heteroatoms. The van der Waals surface area contributed by atoms with Crippen LogP contribution in [0.3, 0.4) is 0 Å². The van der Waals surface area contributed by atoms with Crippen molar-refractivity contribution in [2.75, 3.05) is 6.61 Å². The minimum Gasteiger partial charge on any atom is -0.394 e. The molecule has 1 rings (SSSR count). The molecule has 0 aromatic rings. The molecule has 2 atom stereocenters. The molecule has 2 amide bonds. The number of carbonyl (C=O) groups excluding carboxylic acids is 2. The summed E-state index contributed by atoms with van der Waals surface area (Å²) in [7, 11) is 0. The Hall–Kier alpha value is -0.900. The molecule has 0 radical (unpaired) electrons. The fraction of sp³-hybridized carbons (Fsp3) is 0.800. The Balaban J connectivity index is 2.96. The molecule has 1 fully saturated rings. The average Bonchev–Trinajstić information content (AvgIpc) is 2.41. The molecular weight excluding hydrogens is 182 g/mol. The lowest BCUT2D eigenvalue weighted by atomic mass is 9.98. The molecule has 1 heterocycles. The minimum atomic E-state index is -0.723. The summed E-state index contributed by atoms with van der Waals surface area (Å²) >= 11 is 0. The van der Waals surface area contributed by atoms with Crippen LogP contribution in [0.1, 0.15) is 33.6 Å². The molecule has 4 nitrogen and oxygen atoms in total. The number of likely N-dealkylation sites (tertiary alicyclic amines) is 1. The molecule has 1 aliphatic rings. The van der Waals surface area contributed by atoms with Crippen molar-refractivity contribution >= 4 is 11.8 Å². The zero-order valence-electron chi connectivity index (χ0n) is 8.91. The molecule has 1 aliphatic heterocycles. The fourth-order valence-corrected chi connectivity index (χ4v) is 1.69. The summed E-state index contributed by atoms with van der Waals surface area (Å²) in [6.45, 7) is 5.17. The highest BCUT2D eigenvalue weighted by Crippen LogP contribution is 2.29. The van der Waals surface area contributed by atoms with Gasteiger partial charge >= 0.3 is 0 Å². The van der Waals surface area contributed by atoms with Crippen molar-refractivity contribution in [1.82, 2.24) is 4.90 Å². The van der Waals surface area contributed by atoms with Crippen LogP contribution in [0.25, 0.3) is 0 Å². The van der Waals surface area contributed by atoms with Crippen LogP contribution in [0.15, 0.2) is 0 Å². The fourth-order valence-electron chi connectivity index (χ4n) is 1.69. The molecule has 0 bridgehead atoms. The Kier molecular flexibility index (Phi) is 2.95. The Morgan fingerprint density at radius 3 is 2.43 bits per heavy atom. The summed E-state index contributed by atoms with van der Waals surface area (Å²) in [5.74, 6) is -0.561. The highest BCUT2D eigenvalue weighted by Gasteiger charge is 2.45. The number of aliphatic hydroxyl groups excluding tert-OH is 1. The Morgan fingerprint density at radius 1 is 1.57 bits per heavy atom. The van der Waals surface area contributed by atoms with Gasteiger partial charge in [-0.2, -0.15) is 0 Å². The number of carbonyl (C=O) groups is 2. The Labute approximate surface area is 83.9 Å². The van der Waals surface area contributed by atoms with Gasteiger partial charge in [-0.1, -0.05) is 13.8 Å². The van der Waals surface area contributed by atoms with Crippen LogP contribution in [-0.2, 0) is 9.59 Å². The first-order chi connectivity index (χ1) is 6.46. The molecule has 0 saturated carbocycles. The Bertz CT molecular complexity index is 258. The summed E-state index contributed by atoms with van der Waals surface area (Å²) < 4.78 is 0. The van der Waals surface area contributed by atoms with Crippen LogP contribution < -0.4 is 0 Å². The zero-order valence-corrected chi connectivity index (χ0v) is 8.91. The van der Waals surface area contributed by atoms with Crippen molar-refractivity contribution in [2.45, 2.75) is 39.2 Å². The highest BCUT2D eigenvalue weighted by atomic mass is 16.3. The maximum absolute atomic E-state index is 11.7. The predicted molar refractivity (Wildman–Crippen MR) is 51.4 cm³/mol. The van der Waals surface area contributed by atoms with Crippen LogP contribution in [0.4, 0.5) is 0 Å². The van der Waals surface area contributed by atoms with E-state index in [-0.39, 0.29) is 30.8 Å². The Morgan fingerprint density at radius 2 is 2.14 bits per heavy atom. The van der Waals surface area contributed by atoms with E-state index in [0.29, 0.717) is 6.42 Å². The first-order valence-electron chi connectivity index (χ1n) is 4.94. The zero-order chi connectivity index (χ0) is 10.9. The van der Waals surface area contributed by atoms with Crippen molar-refractivity contribution in [1.29, 1.82) is 0 Å². The maximum Gasteiger partial charge on any atom is 0.233 e. The first kappa shape index (κ1) is 11.2. The van der Waals surface area contributed by atoms with Gasteiger partial charge in [0.2, 0.25) is 11.8 Å². The molecule has 14 heavy (non-hydrogen) atoms. The molecule has 1 saturated heterocycles. The summed E-state index contributed by atoms with van der Waals surface area (Å²) in [5.41, 5.74) is -0.723. The molecule has 80 valence electrons. The van der Waals surface area contributed by atoms with Gasteiger partial charge < -0.3 is 5.11 Å². The number of imide groups is 1. The summed E-state index contributed by atoms with van der Waals surface area (Å²) in [5, 5.41) is 9.22. The number of hydrogen-bond donors (Lipinski definition) is 1. The van der Waals surface area contributed by atoms with Crippen LogP contribution in [-0.4, -0.2) is 34.0 Å². The van der Waals surface area contributed by atoms with E-state index in [1.165, 1.54) is 4.90 Å². The van der Waals surface area contributed by atoms with Gasteiger partial charge in [0.05, 0.1) is 12.1 Å². The van der Waals surface area contributed by atoms with E-state index in [0.717, 1.165) is 0 Å². The standard InChI is InChI=1S/C10H17NO3/c1-4-10(3,6-12)11-8(13)5-7(2)9(11)14/h7,12H,4-6H2,1-3H3. The van der Waals surface area contributed by atoms with E-state index in [1.54, 1.807) is 13.8 Å². The van der Waals surface area contributed by atoms with Crippen LogP contribution in [0, 0.1) is 5.92 Å². The van der Waals surface area contributed by atoms with Crippen LogP contribution in [0.2, 0.25) is 0 Å². The number of hydrogen-bond acceptors (Lipinski definition) is 3. The second kappa shape index (κ2) is 3.69. The van der Waals surface area contributed by atoms with Gasteiger partial charge in [0.25, 0.3) is 0 Å². The number of aliphatic hydroxyl groups is 1. The first-order valence-corrected chi connectivity index (χ1v) is 4.94. The van der Waals surface area contributed by atoms with Crippen LogP contribution >= 0.6 is 0 Å². The van der Waals surface area contributed by atoms with Crippen molar-refractivity contribution in [2.24, 2.45) is 5.92 Å². The average molecular weight is 199 g/mol. The second-order valence-electron chi connectivity index (χ2n) is 4.18. The third kappa shape index (κ3) is 1.54. The molecule has 1 N–H and O–H groups in total. The normalized spacial score (nSPS) is 26.9. The number of rotatable bonds is 3. The van der Waals surface area contributed by atoms with E-state index in [4.69, 9.17) is 0 Å². The molecule has 0 spiro atoms. The van der Waals surface area contributed by atoms with E-state index in [9.17, 15) is 14.7 Å². The van der Waals surface area contributed by atoms with Crippen molar-refractivity contribution in [3.8, 4) is 0 Å². The molecule has 2 unspecified atom stereocenters. The van der Waals surface area contributed by atoms with E-state index in [1.807, 2.05) is 6.92 Å². The lowest BCUT2D eigenvalue weighted by Gasteiger charge is -2.35. The lowest BCUT2D eigenvalue weighted by Crippen LogP contribution is -2.52. The van der Waals surface area contributed by atoms with Gasteiger partial charge in [0.15, 0.2) is 0 Å². The van der Waals surface area contributed by atoms with Crippen LogP contribution in [0.5, 0.6) is 0 Å². The highest BCUT2D eigenvalue weighted by molar-refractivity contribution is 6.04. The van der Waals surface area contributed by atoms with Gasteiger partial charge in [0.1, 0.15) is 0 Å². The van der Waals surface area contributed by atoms with Gasteiger partial charge in [-0.3, -0.25) is 14.5 Å². The summed E-state index contributed by atoms with van der Waals surface area (Å²) in [4.78, 5) is 24.5. The quantitative estimate of drug-likeness (QED) is 0.675. The third-order valence-corrected chi connectivity index (χ3v) is 3.01. The molecule has 0 aromatic heterocycles. The molecule has 0 aromatic carbocycles.